The molecule has 0 bridgehead atoms. The van der Waals surface area contributed by atoms with Gasteiger partial charge in [0.05, 0.1) is 5.92 Å². The number of carboxylic acids is 1. The number of amides is 1. The maximum absolute atomic E-state index is 13.1. The van der Waals surface area contributed by atoms with Crippen LogP contribution in [0.3, 0.4) is 0 Å². The lowest BCUT2D eigenvalue weighted by molar-refractivity contribution is -0.144. The second-order valence-corrected chi connectivity index (χ2v) is 11.6. The predicted octanol–water partition coefficient (Wildman–Crippen LogP) is 4.65. The van der Waals surface area contributed by atoms with Gasteiger partial charge in [-0.05, 0) is 93.8 Å². The van der Waals surface area contributed by atoms with Gasteiger partial charge in [0.1, 0.15) is 0 Å². The Labute approximate surface area is 169 Å². The molecule has 4 heteroatoms. The van der Waals surface area contributed by atoms with Crippen LogP contribution < -0.4 is 5.32 Å². The van der Waals surface area contributed by atoms with Crippen molar-refractivity contribution in [3.8, 4) is 0 Å². The molecule has 4 rings (SSSR count). The van der Waals surface area contributed by atoms with E-state index in [9.17, 15) is 14.7 Å². The third-order valence-electron chi connectivity index (χ3n) is 9.04. The van der Waals surface area contributed by atoms with E-state index in [0.29, 0.717) is 17.8 Å². The van der Waals surface area contributed by atoms with E-state index in [1.54, 1.807) is 0 Å². The molecule has 8 atom stereocenters. The molecular formula is C24H37NO3. The molecule has 0 saturated heterocycles. The second-order valence-electron chi connectivity index (χ2n) is 11.6. The highest BCUT2D eigenvalue weighted by Gasteiger charge is 2.62. The molecule has 1 amide bonds. The zero-order chi connectivity index (χ0) is 20.5. The summed E-state index contributed by atoms with van der Waals surface area (Å²) in [5.74, 6) is 1.27. The number of hydrogen-bond acceptors (Lipinski definition) is 2. The molecule has 156 valence electrons. The van der Waals surface area contributed by atoms with Gasteiger partial charge >= 0.3 is 5.97 Å². The Morgan fingerprint density at radius 2 is 1.61 bits per heavy atom. The van der Waals surface area contributed by atoms with Crippen molar-refractivity contribution >= 4 is 11.9 Å². The van der Waals surface area contributed by atoms with Gasteiger partial charge in [-0.15, -0.1) is 0 Å². The SMILES string of the molecule is CC(C)(C)NC(=O)C1CCC2C3C=CC4C(C(=O)O)CC[C@]4(C)C3CC[C@]12C. The molecule has 6 unspecified atom stereocenters. The smallest absolute Gasteiger partial charge is 0.307 e. The Bertz CT molecular complexity index is 707. The van der Waals surface area contributed by atoms with Crippen molar-refractivity contribution in [2.45, 2.75) is 78.7 Å². The van der Waals surface area contributed by atoms with E-state index in [0.717, 1.165) is 38.5 Å². The van der Waals surface area contributed by atoms with Crippen LogP contribution in [0, 0.1) is 46.3 Å². The summed E-state index contributed by atoms with van der Waals surface area (Å²) in [5.41, 5.74) is -0.0196. The highest BCUT2D eigenvalue weighted by molar-refractivity contribution is 5.80. The zero-order valence-corrected chi connectivity index (χ0v) is 18.1. The molecule has 0 radical (unpaired) electrons. The van der Waals surface area contributed by atoms with Crippen LogP contribution in [-0.4, -0.2) is 22.5 Å². The van der Waals surface area contributed by atoms with Crippen molar-refractivity contribution in [3.05, 3.63) is 12.2 Å². The highest BCUT2D eigenvalue weighted by atomic mass is 16.4. The van der Waals surface area contributed by atoms with Crippen LogP contribution in [0.5, 0.6) is 0 Å². The van der Waals surface area contributed by atoms with Gasteiger partial charge in [0.2, 0.25) is 5.91 Å². The molecule has 4 nitrogen and oxygen atoms in total. The Hall–Kier alpha value is -1.32. The zero-order valence-electron chi connectivity index (χ0n) is 18.1. The van der Waals surface area contributed by atoms with Gasteiger partial charge in [0.15, 0.2) is 0 Å². The molecule has 0 aromatic carbocycles. The molecule has 0 spiro atoms. The van der Waals surface area contributed by atoms with E-state index in [4.69, 9.17) is 0 Å². The van der Waals surface area contributed by atoms with Crippen LogP contribution >= 0.6 is 0 Å². The van der Waals surface area contributed by atoms with Crippen molar-refractivity contribution in [1.82, 2.24) is 5.32 Å². The lowest BCUT2D eigenvalue weighted by atomic mass is 9.49. The highest BCUT2D eigenvalue weighted by Crippen LogP contribution is 2.67. The minimum absolute atomic E-state index is 0.0643. The quantitative estimate of drug-likeness (QED) is 0.678. The molecule has 2 N–H and O–H groups in total. The fourth-order valence-electron chi connectivity index (χ4n) is 7.70. The maximum Gasteiger partial charge on any atom is 0.307 e. The van der Waals surface area contributed by atoms with Crippen LogP contribution in [-0.2, 0) is 9.59 Å². The van der Waals surface area contributed by atoms with Gasteiger partial charge < -0.3 is 10.4 Å². The van der Waals surface area contributed by atoms with Gasteiger partial charge in [-0.3, -0.25) is 9.59 Å². The monoisotopic (exact) mass is 387 g/mol. The summed E-state index contributed by atoms with van der Waals surface area (Å²) in [6, 6.07) is 0. The van der Waals surface area contributed by atoms with Crippen LogP contribution in [0.1, 0.15) is 73.1 Å². The Morgan fingerprint density at radius 1 is 0.964 bits per heavy atom. The van der Waals surface area contributed by atoms with Crippen molar-refractivity contribution in [2.75, 3.05) is 0 Å². The third-order valence-corrected chi connectivity index (χ3v) is 9.04. The first-order valence-corrected chi connectivity index (χ1v) is 11.2. The Kier molecular flexibility index (Phi) is 4.52. The minimum atomic E-state index is -0.628. The molecule has 0 aromatic heterocycles. The molecule has 3 saturated carbocycles. The van der Waals surface area contributed by atoms with Gasteiger partial charge in [-0.25, -0.2) is 0 Å². The van der Waals surface area contributed by atoms with Crippen molar-refractivity contribution in [3.63, 3.8) is 0 Å². The lowest BCUT2D eigenvalue weighted by Gasteiger charge is -2.55. The standard InChI is InChI=1S/C24H37NO3/c1-22(2,3)25-20(26)19-9-8-16-14-6-7-17-15(21(27)28)10-12-23(17,4)18(14)11-13-24(16,19)5/h6-7,14-19H,8-13H2,1-5H3,(H,25,26)(H,27,28)/t14?,15?,16?,17?,18?,19?,23-,24-/m0/s1. The van der Waals surface area contributed by atoms with Gasteiger partial charge in [0, 0.05) is 11.5 Å². The number of carbonyl (C=O) groups excluding carboxylic acids is 1. The van der Waals surface area contributed by atoms with Crippen LogP contribution in [0.4, 0.5) is 0 Å². The number of fused-ring (bicyclic) bond motifs is 5. The normalized spacial score (nSPS) is 47.2. The van der Waals surface area contributed by atoms with Crippen molar-refractivity contribution < 1.29 is 14.7 Å². The molecule has 3 fully saturated rings. The van der Waals surface area contributed by atoms with E-state index in [-0.39, 0.29) is 40.0 Å². The second kappa shape index (κ2) is 6.34. The van der Waals surface area contributed by atoms with Crippen molar-refractivity contribution in [2.24, 2.45) is 46.3 Å². The third kappa shape index (κ3) is 2.85. The summed E-state index contributed by atoms with van der Waals surface area (Å²) in [6.07, 6.45) is 10.8. The molecule has 4 aliphatic carbocycles. The number of nitrogens with one attached hydrogen (secondary N) is 1. The molecule has 0 aliphatic heterocycles. The number of hydrogen-bond donors (Lipinski definition) is 2. The summed E-state index contributed by atoms with van der Waals surface area (Å²) >= 11 is 0. The number of allylic oxidation sites excluding steroid dienone is 2. The first-order valence-electron chi connectivity index (χ1n) is 11.2. The van der Waals surface area contributed by atoms with E-state index >= 15 is 0 Å². The molecular weight excluding hydrogens is 350 g/mol. The lowest BCUT2D eigenvalue weighted by Crippen LogP contribution is -2.52. The van der Waals surface area contributed by atoms with E-state index < -0.39 is 5.97 Å². The summed E-state index contributed by atoms with van der Waals surface area (Å²) in [7, 11) is 0. The maximum atomic E-state index is 13.1. The van der Waals surface area contributed by atoms with E-state index in [1.165, 1.54) is 0 Å². The summed E-state index contributed by atoms with van der Waals surface area (Å²) < 4.78 is 0. The molecule has 0 heterocycles. The van der Waals surface area contributed by atoms with Crippen LogP contribution in [0.25, 0.3) is 0 Å². The Morgan fingerprint density at radius 3 is 2.25 bits per heavy atom. The number of carboxylic acid groups (broad SMARTS) is 1. The summed E-state index contributed by atoms with van der Waals surface area (Å²) in [6.45, 7) is 10.9. The number of carbonyl (C=O) groups is 2. The van der Waals surface area contributed by atoms with Crippen LogP contribution in [0.15, 0.2) is 12.2 Å². The van der Waals surface area contributed by atoms with Crippen LogP contribution in [0.2, 0.25) is 0 Å². The van der Waals surface area contributed by atoms with Gasteiger partial charge in [0.25, 0.3) is 0 Å². The molecule has 28 heavy (non-hydrogen) atoms. The summed E-state index contributed by atoms with van der Waals surface area (Å²) in [4.78, 5) is 24.8. The average molecular weight is 388 g/mol. The van der Waals surface area contributed by atoms with Gasteiger partial charge in [-0.2, -0.15) is 0 Å². The van der Waals surface area contributed by atoms with E-state index in [1.807, 2.05) is 0 Å². The summed E-state index contributed by atoms with van der Waals surface area (Å²) in [5, 5.41) is 12.9. The number of aliphatic carboxylic acids is 1. The fourth-order valence-corrected chi connectivity index (χ4v) is 7.70. The Balaban J connectivity index is 1.60. The topological polar surface area (TPSA) is 66.4 Å². The number of rotatable bonds is 2. The molecule has 0 aromatic rings. The fraction of sp³-hybridized carbons (Fsp3) is 0.833. The first-order chi connectivity index (χ1) is 13.0. The minimum Gasteiger partial charge on any atom is -0.481 e. The average Bonchev–Trinajstić information content (AvgIpc) is 3.10. The predicted molar refractivity (Wildman–Crippen MR) is 110 cm³/mol. The molecule has 4 aliphatic rings. The van der Waals surface area contributed by atoms with Gasteiger partial charge in [-0.1, -0.05) is 26.0 Å². The largest absolute Gasteiger partial charge is 0.481 e. The van der Waals surface area contributed by atoms with E-state index in [2.05, 4.69) is 52.1 Å². The first kappa shape index (κ1) is 20.0. The van der Waals surface area contributed by atoms with Crippen molar-refractivity contribution in [1.29, 1.82) is 0 Å².